The molecule has 2 rings (SSSR count). The van der Waals surface area contributed by atoms with E-state index < -0.39 is 5.97 Å². The van der Waals surface area contributed by atoms with E-state index in [2.05, 4.69) is 45.2 Å². The van der Waals surface area contributed by atoms with Gasteiger partial charge in [-0.05, 0) is 63.8 Å². The zero-order valence-corrected chi connectivity index (χ0v) is 23.5. The summed E-state index contributed by atoms with van der Waals surface area (Å²) in [7, 11) is 0. The molecule has 38 heavy (non-hydrogen) atoms. The predicted molar refractivity (Wildman–Crippen MR) is 157 cm³/mol. The number of aromatic carboxylic acids is 1. The lowest BCUT2D eigenvalue weighted by Crippen LogP contribution is -2.36. The minimum atomic E-state index is -1.06. The van der Waals surface area contributed by atoms with Gasteiger partial charge in [0.1, 0.15) is 6.61 Å². The van der Waals surface area contributed by atoms with Crippen LogP contribution in [0.3, 0.4) is 0 Å². The minimum Gasteiger partial charge on any atom is -0.478 e. The summed E-state index contributed by atoms with van der Waals surface area (Å²) in [4.78, 5) is 27.0. The summed E-state index contributed by atoms with van der Waals surface area (Å²) in [6, 6.07) is 14.8. The number of hydrogen-bond donors (Lipinski definition) is 2. The summed E-state index contributed by atoms with van der Waals surface area (Å²) >= 11 is 0. The minimum absolute atomic E-state index is 0.107. The van der Waals surface area contributed by atoms with E-state index in [9.17, 15) is 14.7 Å². The lowest BCUT2D eigenvalue weighted by Gasteiger charge is -2.25. The van der Waals surface area contributed by atoms with E-state index in [0.29, 0.717) is 25.4 Å². The average molecular weight is 521 g/mol. The van der Waals surface area contributed by atoms with E-state index in [0.717, 1.165) is 49.8 Å². The van der Waals surface area contributed by atoms with Crippen LogP contribution in [0.5, 0.6) is 0 Å². The number of rotatable bonds is 17. The van der Waals surface area contributed by atoms with Crippen molar-refractivity contribution in [2.75, 3.05) is 29.9 Å². The number of carbonyl (C=O) groups is 2. The number of ether oxygens (including phenoxy) is 1. The average Bonchev–Trinajstić information content (AvgIpc) is 2.89. The Balaban J connectivity index is 2.17. The van der Waals surface area contributed by atoms with Gasteiger partial charge >= 0.3 is 5.97 Å². The van der Waals surface area contributed by atoms with Crippen LogP contribution in [0.15, 0.2) is 71.8 Å². The number of unbranched alkanes of at least 4 members (excludes halogenated alkanes) is 3. The maximum absolute atomic E-state index is 13.3. The summed E-state index contributed by atoms with van der Waals surface area (Å²) in [5.41, 5.74) is 4.88. The second-order valence-corrected chi connectivity index (χ2v) is 9.87. The fraction of sp³-hybridized carbons (Fsp3) is 0.438. The van der Waals surface area contributed by atoms with Crippen LogP contribution < -0.4 is 10.2 Å². The van der Waals surface area contributed by atoms with Crippen molar-refractivity contribution in [2.45, 2.75) is 72.8 Å². The quantitative estimate of drug-likeness (QED) is 0.166. The van der Waals surface area contributed by atoms with E-state index in [-0.39, 0.29) is 18.1 Å². The molecule has 0 aliphatic rings. The van der Waals surface area contributed by atoms with Gasteiger partial charge in [-0.2, -0.15) is 0 Å². The number of carboxylic acid groups (broad SMARTS) is 1. The first-order valence-electron chi connectivity index (χ1n) is 13.6. The number of nitrogens with zero attached hydrogens (tertiary/aromatic N) is 1. The Hall–Kier alpha value is -3.38. The van der Waals surface area contributed by atoms with Crippen molar-refractivity contribution >= 4 is 23.3 Å². The Morgan fingerprint density at radius 2 is 1.76 bits per heavy atom. The van der Waals surface area contributed by atoms with Gasteiger partial charge < -0.3 is 20.1 Å². The first-order chi connectivity index (χ1) is 18.3. The molecule has 0 unspecified atom stereocenters. The molecule has 0 aromatic heterocycles. The van der Waals surface area contributed by atoms with Crippen molar-refractivity contribution in [3.63, 3.8) is 0 Å². The topological polar surface area (TPSA) is 78.9 Å². The smallest absolute Gasteiger partial charge is 0.337 e. The van der Waals surface area contributed by atoms with Crippen LogP contribution in [0.4, 0.5) is 11.4 Å². The molecule has 2 aromatic rings. The number of amides is 1. The van der Waals surface area contributed by atoms with Crippen molar-refractivity contribution in [3.05, 3.63) is 83.0 Å². The molecule has 0 radical (unpaired) electrons. The van der Waals surface area contributed by atoms with Gasteiger partial charge in [-0.3, -0.25) is 4.79 Å². The lowest BCUT2D eigenvalue weighted by molar-refractivity contribution is -0.123. The van der Waals surface area contributed by atoms with Crippen molar-refractivity contribution in [1.82, 2.24) is 0 Å². The SMILES string of the molecule is CCCCCCN(C(=O)COCc1ccccc1)c1cc(NC/C=C(\C)CCC=C(C)C)ccc1C(=O)O. The molecule has 0 aliphatic heterocycles. The first-order valence-corrected chi connectivity index (χ1v) is 13.6. The molecule has 0 heterocycles. The lowest BCUT2D eigenvalue weighted by atomic mass is 10.1. The van der Waals surface area contributed by atoms with Crippen molar-refractivity contribution in [2.24, 2.45) is 0 Å². The Morgan fingerprint density at radius 1 is 1.00 bits per heavy atom. The van der Waals surface area contributed by atoms with Gasteiger partial charge in [0.15, 0.2) is 0 Å². The van der Waals surface area contributed by atoms with Gasteiger partial charge in [0.25, 0.3) is 5.91 Å². The van der Waals surface area contributed by atoms with Crippen LogP contribution in [-0.4, -0.2) is 36.7 Å². The van der Waals surface area contributed by atoms with Gasteiger partial charge in [0.05, 0.1) is 17.9 Å². The van der Waals surface area contributed by atoms with E-state index >= 15 is 0 Å². The Morgan fingerprint density at radius 3 is 2.45 bits per heavy atom. The van der Waals surface area contributed by atoms with Crippen LogP contribution in [0.1, 0.15) is 82.1 Å². The molecule has 6 nitrogen and oxygen atoms in total. The van der Waals surface area contributed by atoms with Crippen molar-refractivity contribution in [3.8, 4) is 0 Å². The van der Waals surface area contributed by atoms with E-state index in [1.807, 2.05) is 30.3 Å². The Kier molecular flexibility index (Phi) is 14.0. The zero-order chi connectivity index (χ0) is 27.8. The maximum Gasteiger partial charge on any atom is 0.337 e. The van der Waals surface area contributed by atoms with Crippen LogP contribution in [0, 0.1) is 0 Å². The second-order valence-electron chi connectivity index (χ2n) is 9.87. The number of nitrogens with one attached hydrogen (secondary N) is 1. The summed E-state index contributed by atoms with van der Waals surface area (Å²) in [6.07, 6.45) is 10.3. The summed E-state index contributed by atoms with van der Waals surface area (Å²) in [5, 5.41) is 13.3. The molecule has 2 aromatic carbocycles. The molecule has 0 saturated heterocycles. The van der Waals surface area contributed by atoms with Gasteiger partial charge in [-0.15, -0.1) is 0 Å². The number of carbonyl (C=O) groups excluding carboxylic acids is 1. The second kappa shape index (κ2) is 17.2. The molecule has 206 valence electrons. The summed E-state index contributed by atoms with van der Waals surface area (Å²) in [6.45, 7) is 9.73. The highest BCUT2D eigenvalue weighted by molar-refractivity contribution is 6.03. The number of carboxylic acids is 1. The van der Waals surface area contributed by atoms with E-state index in [1.54, 1.807) is 23.1 Å². The number of benzene rings is 2. The molecule has 1 amide bonds. The third kappa shape index (κ3) is 11.3. The fourth-order valence-electron chi connectivity index (χ4n) is 4.06. The number of anilines is 2. The highest BCUT2D eigenvalue weighted by Crippen LogP contribution is 2.26. The third-order valence-electron chi connectivity index (χ3n) is 6.24. The third-order valence-corrected chi connectivity index (χ3v) is 6.24. The van der Waals surface area contributed by atoms with Crippen LogP contribution >= 0.6 is 0 Å². The molecule has 2 N–H and O–H groups in total. The number of allylic oxidation sites excluding steroid dienone is 3. The van der Waals surface area contributed by atoms with Gasteiger partial charge in [0.2, 0.25) is 0 Å². The van der Waals surface area contributed by atoms with Gasteiger partial charge in [-0.1, -0.05) is 79.8 Å². The first kappa shape index (κ1) is 30.8. The summed E-state index contributed by atoms with van der Waals surface area (Å²) in [5.74, 6) is -1.30. The monoisotopic (exact) mass is 520 g/mol. The van der Waals surface area contributed by atoms with Crippen molar-refractivity contribution < 1.29 is 19.4 Å². The molecular formula is C32H44N2O4. The normalized spacial score (nSPS) is 11.2. The molecule has 0 spiro atoms. The maximum atomic E-state index is 13.3. The largest absolute Gasteiger partial charge is 0.478 e. The van der Waals surface area contributed by atoms with Gasteiger partial charge in [-0.25, -0.2) is 4.79 Å². The molecular weight excluding hydrogens is 476 g/mol. The van der Waals surface area contributed by atoms with Gasteiger partial charge in [0, 0.05) is 18.8 Å². The predicted octanol–water partition coefficient (Wildman–Crippen LogP) is 7.62. The Labute approximate surface area is 228 Å². The van der Waals surface area contributed by atoms with Crippen molar-refractivity contribution in [1.29, 1.82) is 0 Å². The van der Waals surface area contributed by atoms with Crippen LogP contribution in [0.25, 0.3) is 0 Å². The molecule has 0 aliphatic carbocycles. The molecule has 0 fully saturated rings. The number of hydrogen-bond acceptors (Lipinski definition) is 4. The Bertz CT molecular complexity index is 1070. The summed E-state index contributed by atoms with van der Waals surface area (Å²) < 4.78 is 5.71. The van der Waals surface area contributed by atoms with E-state index in [1.165, 1.54) is 11.1 Å². The standard InChI is InChI=1S/C32H44N2O4/c1-5-6-7-11-21-34(31(35)24-38-23-27-15-9-8-10-16-27)30-22-28(17-18-29(30)32(36)37)33-20-19-26(4)14-12-13-25(2)3/h8-10,13,15-19,22,33H,5-7,11-12,14,20-21,23-24H2,1-4H3,(H,36,37)/b26-19+. The molecule has 6 heteroatoms. The van der Waals surface area contributed by atoms with Crippen LogP contribution in [-0.2, 0) is 16.1 Å². The van der Waals surface area contributed by atoms with E-state index in [4.69, 9.17) is 4.74 Å². The zero-order valence-electron chi connectivity index (χ0n) is 23.5. The molecule has 0 atom stereocenters. The highest BCUT2D eigenvalue weighted by atomic mass is 16.5. The fourth-order valence-corrected chi connectivity index (χ4v) is 4.06. The highest BCUT2D eigenvalue weighted by Gasteiger charge is 2.22. The molecule has 0 bridgehead atoms. The van der Waals surface area contributed by atoms with Crippen LogP contribution in [0.2, 0.25) is 0 Å². The molecule has 0 saturated carbocycles.